The maximum Gasteiger partial charge on any atom is 0.295 e. The Morgan fingerprint density at radius 3 is 2.60 bits per heavy atom. The van der Waals surface area contributed by atoms with Gasteiger partial charge in [-0.3, -0.25) is 14.6 Å². The van der Waals surface area contributed by atoms with Gasteiger partial charge in [0.15, 0.2) is 0 Å². The fraction of sp³-hybridized carbons (Fsp3) is 0.261. The number of ketones is 1. The molecule has 0 spiro atoms. The molecule has 1 aromatic carbocycles. The van der Waals surface area contributed by atoms with Gasteiger partial charge in [0.05, 0.1) is 11.6 Å². The van der Waals surface area contributed by atoms with Gasteiger partial charge >= 0.3 is 0 Å². The van der Waals surface area contributed by atoms with Crippen LogP contribution in [-0.4, -0.2) is 65.4 Å². The normalized spacial score (nSPS) is 18.1. The van der Waals surface area contributed by atoms with Crippen molar-refractivity contribution in [3.63, 3.8) is 0 Å². The van der Waals surface area contributed by atoms with Gasteiger partial charge in [-0.15, -0.1) is 0 Å². The molecule has 156 valence electrons. The minimum absolute atomic E-state index is 0.0616. The first-order valence-electron chi connectivity index (χ1n) is 9.61. The highest BCUT2D eigenvalue weighted by molar-refractivity contribution is 6.46. The third-order valence-electron chi connectivity index (χ3n) is 4.82. The Morgan fingerprint density at radius 1 is 1.27 bits per heavy atom. The molecule has 1 aromatic heterocycles. The van der Waals surface area contributed by atoms with E-state index in [4.69, 9.17) is 4.74 Å². The predicted octanol–water partition coefficient (Wildman–Crippen LogP) is 2.63. The van der Waals surface area contributed by atoms with Crippen LogP contribution in [0.3, 0.4) is 0 Å². The number of Topliss-reactive ketones (excluding diaryl/α,β-unsaturated/α-hetero) is 1. The first-order chi connectivity index (χ1) is 14.4. The number of likely N-dealkylation sites (N-methyl/N-ethyl adjacent to an activating group) is 1. The van der Waals surface area contributed by atoms with Crippen molar-refractivity contribution in [1.29, 1.82) is 0 Å². The second-order valence-corrected chi connectivity index (χ2v) is 7.21. The van der Waals surface area contributed by atoms with E-state index in [2.05, 4.69) is 11.6 Å². The lowest BCUT2D eigenvalue weighted by Crippen LogP contribution is -2.35. The summed E-state index contributed by atoms with van der Waals surface area (Å²) in [5.74, 6) is -0.934. The number of carbonyl (C=O) groups excluding carboxylic acids is 2. The summed E-state index contributed by atoms with van der Waals surface area (Å²) in [5, 5.41) is 11.0. The number of carbonyl (C=O) groups is 2. The van der Waals surface area contributed by atoms with E-state index < -0.39 is 17.7 Å². The standard InChI is InChI=1S/C23H25N3O4/c1-4-14-30-18-9-7-16(8-10-18)21(27)19-20(17-6-5-11-24-15-17)26(13-12-25(2)3)23(29)22(19)28/h4-11,15,20,27H,1,12-14H2,2-3H3/b21-19+/t20-/m0/s1. The fourth-order valence-corrected chi connectivity index (χ4v) is 3.32. The lowest BCUT2D eigenvalue weighted by molar-refractivity contribution is -0.140. The second kappa shape index (κ2) is 9.37. The van der Waals surface area contributed by atoms with E-state index in [1.165, 1.54) is 4.90 Å². The number of rotatable bonds is 8. The average molecular weight is 407 g/mol. The first kappa shape index (κ1) is 21.3. The summed E-state index contributed by atoms with van der Waals surface area (Å²) in [6.07, 6.45) is 4.87. The monoisotopic (exact) mass is 407 g/mol. The number of nitrogens with zero attached hydrogens (tertiary/aromatic N) is 3. The molecule has 2 heterocycles. The van der Waals surface area contributed by atoms with Crippen LogP contribution in [0.25, 0.3) is 5.76 Å². The summed E-state index contributed by atoms with van der Waals surface area (Å²) in [6.45, 7) is 4.90. The van der Waals surface area contributed by atoms with Crippen molar-refractivity contribution >= 4 is 17.4 Å². The number of ether oxygens (including phenoxy) is 1. The van der Waals surface area contributed by atoms with Gasteiger partial charge in [0.2, 0.25) is 0 Å². The van der Waals surface area contributed by atoms with Crippen molar-refractivity contribution in [1.82, 2.24) is 14.8 Å². The van der Waals surface area contributed by atoms with Gasteiger partial charge in [0.1, 0.15) is 18.1 Å². The SMILES string of the molecule is C=CCOc1ccc(/C(O)=C2\C(=O)C(=O)N(CCN(C)C)[C@H]2c2cccnc2)cc1. The number of likely N-dealkylation sites (tertiary alicyclic amines) is 1. The van der Waals surface area contributed by atoms with E-state index in [9.17, 15) is 14.7 Å². The van der Waals surface area contributed by atoms with Gasteiger partial charge in [0.25, 0.3) is 11.7 Å². The number of pyridine rings is 1. The minimum atomic E-state index is -0.702. The molecule has 0 saturated carbocycles. The summed E-state index contributed by atoms with van der Waals surface area (Å²) in [6, 6.07) is 9.54. The zero-order valence-electron chi connectivity index (χ0n) is 17.1. The van der Waals surface area contributed by atoms with Crippen LogP contribution in [0.4, 0.5) is 0 Å². The smallest absolute Gasteiger partial charge is 0.295 e. The van der Waals surface area contributed by atoms with Crippen LogP contribution in [0.15, 0.2) is 67.0 Å². The Morgan fingerprint density at radius 2 is 2.00 bits per heavy atom. The number of amides is 1. The Labute approximate surface area is 175 Å². The summed E-state index contributed by atoms with van der Waals surface area (Å²) in [7, 11) is 3.79. The molecule has 3 rings (SSSR count). The van der Waals surface area contributed by atoms with E-state index in [1.807, 2.05) is 19.0 Å². The highest BCUT2D eigenvalue weighted by Crippen LogP contribution is 2.39. The number of hydrogen-bond acceptors (Lipinski definition) is 6. The molecule has 1 aliphatic rings. The highest BCUT2D eigenvalue weighted by atomic mass is 16.5. The van der Waals surface area contributed by atoms with Crippen molar-refractivity contribution in [2.75, 3.05) is 33.8 Å². The van der Waals surface area contributed by atoms with E-state index in [0.29, 0.717) is 36.6 Å². The Balaban J connectivity index is 2.03. The van der Waals surface area contributed by atoms with Crippen molar-refractivity contribution in [2.45, 2.75) is 6.04 Å². The van der Waals surface area contributed by atoms with Crippen molar-refractivity contribution < 1.29 is 19.4 Å². The van der Waals surface area contributed by atoms with Gasteiger partial charge in [-0.1, -0.05) is 18.7 Å². The summed E-state index contributed by atoms with van der Waals surface area (Å²) in [4.78, 5) is 33.2. The lowest BCUT2D eigenvalue weighted by Gasteiger charge is -2.26. The van der Waals surface area contributed by atoms with Crippen LogP contribution >= 0.6 is 0 Å². The van der Waals surface area contributed by atoms with Crippen LogP contribution < -0.4 is 4.74 Å². The highest BCUT2D eigenvalue weighted by Gasteiger charge is 2.45. The summed E-state index contributed by atoms with van der Waals surface area (Å²) in [5.41, 5.74) is 1.16. The van der Waals surface area contributed by atoms with Crippen molar-refractivity contribution in [3.8, 4) is 5.75 Å². The minimum Gasteiger partial charge on any atom is -0.507 e. The van der Waals surface area contributed by atoms with Crippen LogP contribution in [0.5, 0.6) is 5.75 Å². The average Bonchev–Trinajstić information content (AvgIpc) is 3.01. The molecule has 1 amide bonds. The molecule has 1 fully saturated rings. The van der Waals surface area contributed by atoms with Crippen LogP contribution in [-0.2, 0) is 9.59 Å². The van der Waals surface area contributed by atoms with Crippen molar-refractivity contribution in [2.24, 2.45) is 0 Å². The fourth-order valence-electron chi connectivity index (χ4n) is 3.32. The van der Waals surface area contributed by atoms with Gasteiger partial charge in [0, 0.05) is 31.0 Å². The summed E-state index contributed by atoms with van der Waals surface area (Å²) >= 11 is 0. The number of aliphatic hydroxyl groups excluding tert-OH is 1. The van der Waals surface area contributed by atoms with Gasteiger partial charge < -0.3 is 19.6 Å². The lowest BCUT2D eigenvalue weighted by atomic mass is 9.96. The number of aromatic nitrogens is 1. The molecule has 1 saturated heterocycles. The molecule has 0 radical (unpaired) electrons. The number of aliphatic hydroxyl groups is 1. The predicted molar refractivity (Wildman–Crippen MR) is 114 cm³/mol. The largest absolute Gasteiger partial charge is 0.507 e. The van der Waals surface area contributed by atoms with E-state index in [1.54, 1.807) is 54.9 Å². The Bertz CT molecular complexity index is 952. The van der Waals surface area contributed by atoms with E-state index in [0.717, 1.165) is 0 Å². The number of hydrogen-bond donors (Lipinski definition) is 1. The molecule has 30 heavy (non-hydrogen) atoms. The number of benzene rings is 1. The second-order valence-electron chi connectivity index (χ2n) is 7.21. The first-order valence-corrected chi connectivity index (χ1v) is 9.61. The van der Waals surface area contributed by atoms with Crippen LogP contribution in [0, 0.1) is 0 Å². The van der Waals surface area contributed by atoms with Gasteiger partial charge in [-0.2, -0.15) is 0 Å². The molecular formula is C23H25N3O4. The zero-order chi connectivity index (χ0) is 21.7. The third kappa shape index (κ3) is 4.41. The Kier molecular flexibility index (Phi) is 6.64. The molecular weight excluding hydrogens is 382 g/mol. The zero-order valence-corrected chi connectivity index (χ0v) is 17.1. The quantitative estimate of drug-likeness (QED) is 0.314. The van der Waals surface area contributed by atoms with Crippen LogP contribution in [0.1, 0.15) is 17.2 Å². The Hall–Kier alpha value is -3.45. The molecule has 2 aromatic rings. The molecule has 0 unspecified atom stereocenters. The topological polar surface area (TPSA) is 83.0 Å². The summed E-state index contributed by atoms with van der Waals surface area (Å²) < 4.78 is 5.46. The van der Waals surface area contributed by atoms with E-state index >= 15 is 0 Å². The molecule has 0 bridgehead atoms. The molecule has 1 N–H and O–H groups in total. The van der Waals surface area contributed by atoms with E-state index in [-0.39, 0.29) is 11.3 Å². The van der Waals surface area contributed by atoms with Gasteiger partial charge in [-0.25, -0.2) is 0 Å². The maximum absolute atomic E-state index is 12.9. The molecule has 1 atom stereocenters. The maximum atomic E-state index is 12.9. The van der Waals surface area contributed by atoms with Crippen LogP contribution in [0.2, 0.25) is 0 Å². The molecule has 7 heteroatoms. The molecule has 1 aliphatic heterocycles. The van der Waals surface area contributed by atoms with Gasteiger partial charge in [-0.05, 0) is 50.0 Å². The van der Waals surface area contributed by atoms with Crippen molar-refractivity contribution in [3.05, 3.63) is 78.1 Å². The molecule has 0 aliphatic carbocycles. The molecule has 7 nitrogen and oxygen atoms in total. The third-order valence-corrected chi connectivity index (χ3v) is 4.82.